The Hall–Kier alpha value is -1.62. The number of carbonyl (C=O) groups is 1. The Balaban J connectivity index is 1.90. The molecule has 0 radical (unpaired) electrons. The van der Waals surface area contributed by atoms with Crippen molar-refractivity contribution in [3.63, 3.8) is 0 Å². The summed E-state index contributed by atoms with van der Waals surface area (Å²) in [5.41, 5.74) is 1.24. The smallest absolute Gasteiger partial charge is 0.317 e. The van der Waals surface area contributed by atoms with Gasteiger partial charge in [0, 0.05) is 32.2 Å². The van der Waals surface area contributed by atoms with E-state index < -0.39 is 0 Å². The zero-order valence-corrected chi connectivity index (χ0v) is 16.3. The second kappa shape index (κ2) is 11.2. The second-order valence-corrected chi connectivity index (χ2v) is 7.21. The molecule has 4 nitrogen and oxygen atoms in total. The van der Waals surface area contributed by atoms with Crippen LogP contribution < -0.4 is 10.6 Å². The quantitative estimate of drug-likeness (QED) is 0.688. The van der Waals surface area contributed by atoms with E-state index in [0.29, 0.717) is 12.5 Å². The summed E-state index contributed by atoms with van der Waals surface area (Å²) in [6.07, 6.45) is 6.69. The van der Waals surface area contributed by atoms with Gasteiger partial charge >= 0.3 is 6.03 Å². The number of rotatable bonds is 9. The van der Waals surface area contributed by atoms with E-state index in [-0.39, 0.29) is 17.9 Å². The van der Waals surface area contributed by atoms with Crippen molar-refractivity contribution in [3.05, 3.63) is 35.6 Å². The van der Waals surface area contributed by atoms with Gasteiger partial charge < -0.3 is 15.5 Å². The Morgan fingerprint density at radius 3 is 2.69 bits per heavy atom. The van der Waals surface area contributed by atoms with Crippen molar-refractivity contribution >= 4 is 6.03 Å². The fraction of sp³-hybridized carbons (Fsp3) is 0.667. The number of hydrogen-bond acceptors (Lipinski definition) is 2. The van der Waals surface area contributed by atoms with E-state index >= 15 is 0 Å². The first-order valence-corrected chi connectivity index (χ1v) is 10.2. The average Bonchev–Trinajstić information content (AvgIpc) is 2.66. The molecule has 0 aromatic heterocycles. The minimum atomic E-state index is -0.172. The average molecular weight is 364 g/mol. The van der Waals surface area contributed by atoms with Crippen molar-refractivity contribution in [1.29, 1.82) is 0 Å². The number of nitrogens with one attached hydrogen (secondary N) is 2. The predicted octanol–water partition coefficient (Wildman–Crippen LogP) is 4.27. The zero-order valence-electron chi connectivity index (χ0n) is 16.3. The van der Waals surface area contributed by atoms with Crippen molar-refractivity contribution in [2.45, 2.75) is 64.3 Å². The van der Waals surface area contributed by atoms with Gasteiger partial charge in [0.25, 0.3) is 0 Å². The van der Waals surface area contributed by atoms with Crippen LogP contribution in [0.2, 0.25) is 0 Å². The molecule has 1 fully saturated rings. The maximum absolute atomic E-state index is 13.2. The molecule has 0 spiro atoms. The number of halogens is 1. The van der Waals surface area contributed by atoms with E-state index in [9.17, 15) is 9.18 Å². The molecule has 5 heteroatoms. The van der Waals surface area contributed by atoms with Crippen molar-refractivity contribution in [1.82, 2.24) is 15.5 Å². The molecule has 1 aliphatic rings. The van der Waals surface area contributed by atoms with Crippen molar-refractivity contribution < 1.29 is 9.18 Å². The number of nitrogens with zero attached hydrogens (tertiary/aromatic N) is 1. The highest BCUT2D eigenvalue weighted by Gasteiger charge is 2.26. The summed E-state index contributed by atoms with van der Waals surface area (Å²) in [5.74, 6) is 0.305. The standard InChI is InChI=1S/C21H34FN3O/c1-3-5-7-17(18-10-12-19(22)13-11-18)8-6-9-20-16-23-14-15-25(20)21(26)24-4-2/h10-13,17,20,23H,3-9,14-16H2,1-2H3,(H,24,26). The van der Waals surface area contributed by atoms with Crippen LogP contribution >= 0.6 is 0 Å². The molecule has 2 amide bonds. The number of carbonyl (C=O) groups excluding carboxylic acids is 1. The third kappa shape index (κ3) is 6.27. The Labute approximate surface area is 157 Å². The zero-order chi connectivity index (χ0) is 18.8. The van der Waals surface area contributed by atoms with Crippen LogP contribution in [-0.2, 0) is 0 Å². The lowest BCUT2D eigenvalue weighted by Crippen LogP contribution is -2.56. The van der Waals surface area contributed by atoms with Crippen LogP contribution in [0.15, 0.2) is 24.3 Å². The van der Waals surface area contributed by atoms with Crippen LogP contribution in [0.4, 0.5) is 9.18 Å². The summed E-state index contributed by atoms with van der Waals surface area (Å²) in [5, 5.41) is 6.34. The van der Waals surface area contributed by atoms with Crippen LogP contribution in [0.3, 0.4) is 0 Å². The highest BCUT2D eigenvalue weighted by Crippen LogP contribution is 2.28. The van der Waals surface area contributed by atoms with Crippen LogP contribution in [0.25, 0.3) is 0 Å². The first-order chi connectivity index (χ1) is 12.7. The first kappa shape index (κ1) is 20.7. The Morgan fingerprint density at radius 1 is 1.27 bits per heavy atom. The molecular weight excluding hydrogens is 329 g/mol. The van der Waals surface area contributed by atoms with Gasteiger partial charge in [-0.3, -0.25) is 0 Å². The molecule has 1 aromatic carbocycles. The van der Waals surface area contributed by atoms with E-state index in [0.717, 1.165) is 45.3 Å². The van der Waals surface area contributed by atoms with Gasteiger partial charge in [0.15, 0.2) is 0 Å². The lowest BCUT2D eigenvalue weighted by Gasteiger charge is -2.36. The molecule has 2 atom stereocenters. The first-order valence-electron chi connectivity index (χ1n) is 10.2. The maximum Gasteiger partial charge on any atom is 0.317 e. The van der Waals surface area contributed by atoms with Gasteiger partial charge in [0.1, 0.15) is 5.82 Å². The predicted molar refractivity (Wildman–Crippen MR) is 105 cm³/mol. The fourth-order valence-electron chi connectivity index (χ4n) is 3.80. The Kier molecular flexibility index (Phi) is 8.89. The summed E-state index contributed by atoms with van der Waals surface area (Å²) in [6.45, 7) is 7.33. The largest absolute Gasteiger partial charge is 0.338 e. The number of unbranched alkanes of at least 4 members (excludes halogenated alkanes) is 1. The molecule has 0 saturated carbocycles. The fourth-order valence-corrected chi connectivity index (χ4v) is 3.80. The highest BCUT2D eigenvalue weighted by molar-refractivity contribution is 5.74. The van der Waals surface area contributed by atoms with E-state index in [1.54, 1.807) is 12.1 Å². The molecule has 146 valence electrons. The third-order valence-electron chi connectivity index (χ3n) is 5.28. The van der Waals surface area contributed by atoms with Crippen LogP contribution in [0.5, 0.6) is 0 Å². The van der Waals surface area contributed by atoms with Crippen molar-refractivity contribution in [2.24, 2.45) is 0 Å². The summed E-state index contributed by atoms with van der Waals surface area (Å²) < 4.78 is 13.2. The normalized spacial score (nSPS) is 18.6. The molecule has 0 bridgehead atoms. The van der Waals surface area contributed by atoms with Crippen LogP contribution in [0, 0.1) is 5.82 Å². The van der Waals surface area contributed by atoms with Crippen LogP contribution in [-0.4, -0.2) is 43.2 Å². The summed E-state index contributed by atoms with van der Waals surface area (Å²) in [6, 6.07) is 7.31. The maximum atomic E-state index is 13.2. The van der Waals surface area contributed by atoms with Crippen LogP contribution in [0.1, 0.15) is 63.9 Å². The van der Waals surface area contributed by atoms with E-state index in [1.165, 1.54) is 18.4 Å². The summed E-state index contributed by atoms with van der Waals surface area (Å²) >= 11 is 0. The van der Waals surface area contributed by atoms with Gasteiger partial charge in [-0.2, -0.15) is 0 Å². The lowest BCUT2D eigenvalue weighted by molar-refractivity contribution is 0.152. The second-order valence-electron chi connectivity index (χ2n) is 7.21. The number of piperazine rings is 1. The topological polar surface area (TPSA) is 44.4 Å². The van der Waals surface area contributed by atoms with E-state index in [4.69, 9.17) is 0 Å². The monoisotopic (exact) mass is 363 g/mol. The SMILES string of the molecule is CCCCC(CCCC1CNCCN1C(=O)NCC)c1ccc(F)cc1. The minimum absolute atomic E-state index is 0.0556. The van der Waals surface area contributed by atoms with Gasteiger partial charge in [-0.15, -0.1) is 0 Å². The van der Waals surface area contributed by atoms with Gasteiger partial charge in [-0.05, 0) is 49.8 Å². The third-order valence-corrected chi connectivity index (χ3v) is 5.28. The number of hydrogen-bond donors (Lipinski definition) is 2. The van der Waals surface area contributed by atoms with E-state index in [2.05, 4.69) is 17.6 Å². The molecule has 1 aromatic rings. The van der Waals surface area contributed by atoms with Gasteiger partial charge in [0.05, 0.1) is 0 Å². The molecule has 2 rings (SSSR count). The van der Waals surface area contributed by atoms with Gasteiger partial charge in [-0.25, -0.2) is 9.18 Å². The summed E-state index contributed by atoms with van der Waals surface area (Å²) in [7, 11) is 0. The molecule has 26 heavy (non-hydrogen) atoms. The number of benzene rings is 1. The Morgan fingerprint density at radius 2 is 2.00 bits per heavy atom. The van der Waals surface area contributed by atoms with Crippen molar-refractivity contribution in [3.8, 4) is 0 Å². The molecular formula is C21H34FN3O. The highest BCUT2D eigenvalue weighted by atomic mass is 19.1. The molecule has 1 aliphatic heterocycles. The molecule has 1 heterocycles. The molecule has 1 saturated heterocycles. The minimum Gasteiger partial charge on any atom is -0.338 e. The summed E-state index contributed by atoms with van der Waals surface area (Å²) in [4.78, 5) is 14.2. The molecule has 0 aliphatic carbocycles. The Bertz CT molecular complexity index is 535. The number of urea groups is 1. The number of amides is 2. The van der Waals surface area contributed by atoms with Crippen molar-refractivity contribution in [2.75, 3.05) is 26.2 Å². The van der Waals surface area contributed by atoms with E-state index in [1.807, 2.05) is 24.0 Å². The van der Waals surface area contributed by atoms with Gasteiger partial charge in [-0.1, -0.05) is 38.3 Å². The molecule has 2 N–H and O–H groups in total. The lowest BCUT2D eigenvalue weighted by atomic mass is 9.88. The molecule has 2 unspecified atom stereocenters. The van der Waals surface area contributed by atoms with Gasteiger partial charge in [0.2, 0.25) is 0 Å².